The fourth-order valence-corrected chi connectivity index (χ4v) is 1.58. The van der Waals surface area contributed by atoms with Gasteiger partial charge >= 0.3 is 0 Å². The summed E-state index contributed by atoms with van der Waals surface area (Å²) in [7, 11) is 0. The standard InChI is InChI=1S/C13H8BrFO2/c14-10-1-3-11(4-2-10)17-12-5-6-13(15)9(7-12)8-16/h1-8H. The summed E-state index contributed by atoms with van der Waals surface area (Å²) in [5.74, 6) is 0.496. The second-order valence-electron chi connectivity index (χ2n) is 3.36. The zero-order chi connectivity index (χ0) is 12.3. The molecule has 0 N–H and O–H groups in total. The Labute approximate surface area is 106 Å². The van der Waals surface area contributed by atoms with Gasteiger partial charge < -0.3 is 4.74 Å². The van der Waals surface area contributed by atoms with E-state index < -0.39 is 5.82 Å². The predicted octanol–water partition coefficient (Wildman–Crippen LogP) is 4.19. The van der Waals surface area contributed by atoms with Crippen LogP contribution in [0.15, 0.2) is 46.9 Å². The Morgan fingerprint density at radius 2 is 1.71 bits per heavy atom. The van der Waals surface area contributed by atoms with Gasteiger partial charge in [-0.1, -0.05) is 15.9 Å². The number of halogens is 2. The molecule has 86 valence electrons. The van der Waals surface area contributed by atoms with Crippen molar-refractivity contribution >= 4 is 22.2 Å². The van der Waals surface area contributed by atoms with E-state index in [1.54, 1.807) is 12.1 Å². The minimum absolute atomic E-state index is 0.0142. The molecule has 2 aromatic rings. The number of benzene rings is 2. The highest BCUT2D eigenvalue weighted by Crippen LogP contribution is 2.24. The van der Waals surface area contributed by atoms with Gasteiger partial charge in [0.1, 0.15) is 17.3 Å². The first kappa shape index (κ1) is 11.8. The summed E-state index contributed by atoms with van der Waals surface area (Å²) in [6.07, 6.45) is 0.462. The second-order valence-corrected chi connectivity index (χ2v) is 4.27. The second kappa shape index (κ2) is 5.10. The molecule has 4 heteroatoms. The quantitative estimate of drug-likeness (QED) is 0.793. The molecule has 0 aliphatic carbocycles. The monoisotopic (exact) mass is 294 g/mol. The molecule has 2 nitrogen and oxygen atoms in total. The van der Waals surface area contributed by atoms with Gasteiger partial charge in [0.05, 0.1) is 5.56 Å². The van der Waals surface area contributed by atoms with E-state index in [1.807, 2.05) is 12.1 Å². The van der Waals surface area contributed by atoms with Gasteiger partial charge in [0.2, 0.25) is 0 Å². The van der Waals surface area contributed by atoms with Crippen LogP contribution in [-0.2, 0) is 0 Å². The van der Waals surface area contributed by atoms with Crippen LogP contribution in [0.2, 0.25) is 0 Å². The zero-order valence-electron chi connectivity index (χ0n) is 8.69. The van der Waals surface area contributed by atoms with Crippen LogP contribution in [0.5, 0.6) is 11.5 Å². The molecule has 0 fully saturated rings. The minimum atomic E-state index is -0.553. The molecule has 0 aromatic heterocycles. The van der Waals surface area contributed by atoms with E-state index in [1.165, 1.54) is 18.2 Å². The lowest BCUT2D eigenvalue weighted by molar-refractivity contribution is 0.111. The van der Waals surface area contributed by atoms with Crippen LogP contribution in [0.3, 0.4) is 0 Å². The zero-order valence-corrected chi connectivity index (χ0v) is 10.3. The van der Waals surface area contributed by atoms with E-state index in [-0.39, 0.29) is 5.56 Å². The largest absolute Gasteiger partial charge is 0.457 e. The van der Waals surface area contributed by atoms with Gasteiger partial charge in [-0.2, -0.15) is 0 Å². The molecule has 0 saturated heterocycles. The smallest absolute Gasteiger partial charge is 0.153 e. The number of hydrogen-bond donors (Lipinski definition) is 0. The van der Waals surface area contributed by atoms with Crippen molar-refractivity contribution in [1.29, 1.82) is 0 Å². The van der Waals surface area contributed by atoms with Crippen molar-refractivity contribution in [1.82, 2.24) is 0 Å². The molecule has 0 atom stereocenters. The number of carbonyl (C=O) groups excluding carboxylic acids is 1. The molecular formula is C13H8BrFO2. The predicted molar refractivity (Wildman–Crippen MR) is 66.0 cm³/mol. The molecule has 0 unspecified atom stereocenters. The highest BCUT2D eigenvalue weighted by Gasteiger charge is 2.04. The van der Waals surface area contributed by atoms with Crippen LogP contribution < -0.4 is 4.74 Å². The van der Waals surface area contributed by atoms with Crippen LogP contribution >= 0.6 is 15.9 Å². The lowest BCUT2D eigenvalue weighted by Gasteiger charge is -2.06. The summed E-state index contributed by atoms with van der Waals surface area (Å²) < 4.78 is 19.5. The van der Waals surface area contributed by atoms with Crippen molar-refractivity contribution < 1.29 is 13.9 Å². The van der Waals surface area contributed by atoms with Crippen molar-refractivity contribution in [3.05, 3.63) is 58.3 Å². The lowest BCUT2D eigenvalue weighted by atomic mass is 10.2. The third kappa shape index (κ3) is 2.91. The van der Waals surface area contributed by atoms with Crippen LogP contribution in [0.1, 0.15) is 10.4 Å². The van der Waals surface area contributed by atoms with Crippen molar-refractivity contribution in [2.75, 3.05) is 0 Å². The average molecular weight is 295 g/mol. The Kier molecular flexibility index (Phi) is 3.54. The van der Waals surface area contributed by atoms with Gasteiger partial charge in [0, 0.05) is 4.47 Å². The summed E-state index contributed by atoms with van der Waals surface area (Å²) >= 11 is 3.31. The van der Waals surface area contributed by atoms with Gasteiger partial charge in [0.25, 0.3) is 0 Å². The summed E-state index contributed by atoms with van der Waals surface area (Å²) in [6.45, 7) is 0. The number of rotatable bonds is 3. The summed E-state index contributed by atoms with van der Waals surface area (Å²) in [5.41, 5.74) is -0.0142. The molecule has 2 rings (SSSR count). The third-order valence-corrected chi connectivity index (χ3v) is 2.67. The van der Waals surface area contributed by atoms with Crippen molar-refractivity contribution in [2.24, 2.45) is 0 Å². The van der Waals surface area contributed by atoms with E-state index >= 15 is 0 Å². The van der Waals surface area contributed by atoms with Gasteiger partial charge in [-0.05, 0) is 42.5 Å². The van der Waals surface area contributed by atoms with E-state index in [4.69, 9.17) is 4.74 Å². The number of hydrogen-bond acceptors (Lipinski definition) is 2. The molecular weight excluding hydrogens is 287 g/mol. The maximum Gasteiger partial charge on any atom is 0.153 e. The van der Waals surface area contributed by atoms with Crippen molar-refractivity contribution in [2.45, 2.75) is 0 Å². The summed E-state index contributed by atoms with van der Waals surface area (Å²) in [6, 6.07) is 11.3. The van der Waals surface area contributed by atoms with Crippen LogP contribution in [0.4, 0.5) is 4.39 Å². The first-order chi connectivity index (χ1) is 8.19. The lowest BCUT2D eigenvalue weighted by Crippen LogP contribution is -1.90. The van der Waals surface area contributed by atoms with Crippen LogP contribution in [0, 0.1) is 5.82 Å². The number of aldehydes is 1. The van der Waals surface area contributed by atoms with E-state index in [2.05, 4.69) is 15.9 Å². The fraction of sp³-hybridized carbons (Fsp3) is 0. The van der Waals surface area contributed by atoms with Gasteiger partial charge in [-0.25, -0.2) is 4.39 Å². The molecule has 0 amide bonds. The Balaban J connectivity index is 2.24. The number of carbonyl (C=O) groups is 1. The first-order valence-corrected chi connectivity index (χ1v) is 5.66. The number of ether oxygens (including phenoxy) is 1. The van der Waals surface area contributed by atoms with E-state index in [0.717, 1.165) is 4.47 Å². The molecule has 0 aliphatic heterocycles. The van der Waals surface area contributed by atoms with Gasteiger partial charge in [0.15, 0.2) is 6.29 Å². The molecule has 0 radical (unpaired) electrons. The molecule has 2 aromatic carbocycles. The topological polar surface area (TPSA) is 26.3 Å². The summed E-state index contributed by atoms with van der Waals surface area (Å²) in [4.78, 5) is 10.6. The molecule has 0 aliphatic rings. The SMILES string of the molecule is O=Cc1cc(Oc2ccc(Br)cc2)ccc1F. The van der Waals surface area contributed by atoms with E-state index in [0.29, 0.717) is 17.8 Å². The highest BCUT2D eigenvalue weighted by atomic mass is 79.9. The molecule has 17 heavy (non-hydrogen) atoms. The highest BCUT2D eigenvalue weighted by molar-refractivity contribution is 9.10. The normalized spacial score (nSPS) is 10.0. The Hall–Kier alpha value is -1.68. The Morgan fingerprint density at radius 3 is 2.35 bits per heavy atom. The van der Waals surface area contributed by atoms with Gasteiger partial charge in [-0.3, -0.25) is 4.79 Å². The van der Waals surface area contributed by atoms with Crippen LogP contribution in [0.25, 0.3) is 0 Å². The maximum absolute atomic E-state index is 13.1. The minimum Gasteiger partial charge on any atom is -0.457 e. The molecule has 0 saturated carbocycles. The fourth-order valence-electron chi connectivity index (χ4n) is 1.31. The van der Waals surface area contributed by atoms with Crippen molar-refractivity contribution in [3.8, 4) is 11.5 Å². The average Bonchev–Trinajstić information content (AvgIpc) is 2.34. The summed E-state index contributed by atoms with van der Waals surface area (Å²) in [5, 5.41) is 0. The molecule has 0 heterocycles. The first-order valence-electron chi connectivity index (χ1n) is 4.87. The molecule has 0 spiro atoms. The Morgan fingerprint density at radius 1 is 1.06 bits per heavy atom. The van der Waals surface area contributed by atoms with Crippen molar-refractivity contribution in [3.63, 3.8) is 0 Å². The van der Waals surface area contributed by atoms with Crippen LogP contribution in [-0.4, -0.2) is 6.29 Å². The Bertz CT molecular complexity index is 538. The maximum atomic E-state index is 13.1. The van der Waals surface area contributed by atoms with E-state index in [9.17, 15) is 9.18 Å². The molecule has 0 bridgehead atoms. The third-order valence-electron chi connectivity index (χ3n) is 2.14. The van der Waals surface area contributed by atoms with Gasteiger partial charge in [-0.15, -0.1) is 0 Å².